The van der Waals surface area contributed by atoms with Crippen LogP contribution in [0, 0.1) is 0 Å². The van der Waals surface area contributed by atoms with Crippen molar-refractivity contribution in [2.24, 2.45) is 5.73 Å². The Labute approximate surface area is 136 Å². The van der Waals surface area contributed by atoms with Gasteiger partial charge in [-0.25, -0.2) is 0 Å². The molecule has 0 aliphatic rings. The van der Waals surface area contributed by atoms with E-state index < -0.39 is 23.9 Å². The predicted molar refractivity (Wildman–Crippen MR) is 88.4 cm³/mol. The molecule has 23 heavy (non-hydrogen) atoms. The van der Waals surface area contributed by atoms with Crippen LogP contribution < -0.4 is 16.4 Å². The van der Waals surface area contributed by atoms with Gasteiger partial charge in [-0.15, -0.1) is 0 Å². The topological polar surface area (TPSA) is 101 Å². The molecule has 4 N–H and O–H groups in total. The molecule has 6 heteroatoms. The summed E-state index contributed by atoms with van der Waals surface area (Å²) in [6, 6.07) is 7.92. The van der Waals surface area contributed by atoms with Crippen molar-refractivity contribution in [3.05, 3.63) is 35.9 Å². The fourth-order valence-electron chi connectivity index (χ4n) is 2.27. The van der Waals surface area contributed by atoms with Crippen LogP contribution in [0.1, 0.15) is 38.7 Å². The number of carbonyl (C=O) groups excluding carboxylic acids is 3. The molecule has 1 aromatic carbocycles. The Morgan fingerprint density at radius 3 is 2.26 bits per heavy atom. The zero-order chi connectivity index (χ0) is 17.2. The van der Waals surface area contributed by atoms with Crippen molar-refractivity contribution in [3.63, 3.8) is 0 Å². The second kappa shape index (κ2) is 9.61. The summed E-state index contributed by atoms with van der Waals surface area (Å²) in [6.07, 6.45) is 2.54. The summed E-state index contributed by atoms with van der Waals surface area (Å²) in [4.78, 5) is 35.2. The van der Waals surface area contributed by atoms with E-state index in [1.165, 1.54) is 6.92 Å². The van der Waals surface area contributed by atoms with Gasteiger partial charge in [0.05, 0.1) is 0 Å². The first-order valence-corrected chi connectivity index (χ1v) is 7.84. The van der Waals surface area contributed by atoms with Gasteiger partial charge in [-0.1, -0.05) is 50.1 Å². The lowest BCUT2D eigenvalue weighted by Crippen LogP contribution is -2.53. The number of unbranched alkanes of at least 4 members (excludes halogenated alkanes) is 1. The Bertz CT molecular complexity index is 531. The molecule has 6 nitrogen and oxygen atoms in total. The molecule has 0 unspecified atom stereocenters. The maximum absolute atomic E-state index is 12.4. The first-order valence-electron chi connectivity index (χ1n) is 7.84. The van der Waals surface area contributed by atoms with Crippen LogP contribution in [0.3, 0.4) is 0 Å². The van der Waals surface area contributed by atoms with Crippen molar-refractivity contribution in [1.82, 2.24) is 10.6 Å². The number of nitrogens with two attached hydrogens (primary N) is 1. The van der Waals surface area contributed by atoms with Crippen LogP contribution in [0.4, 0.5) is 0 Å². The molecule has 0 aliphatic carbocycles. The average Bonchev–Trinajstić information content (AvgIpc) is 2.50. The zero-order valence-electron chi connectivity index (χ0n) is 13.7. The van der Waals surface area contributed by atoms with E-state index in [1.54, 1.807) is 0 Å². The maximum atomic E-state index is 12.4. The van der Waals surface area contributed by atoms with Gasteiger partial charge in [0.25, 0.3) is 0 Å². The minimum absolute atomic E-state index is 0.301. The van der Waals surface area contributed by atoms with Gasteiger partial charge in [0.2, 0.25) is 17.7 Å². The Kier molecular flexibility index (Phi) is 7.80. The first kappa shape index (κ1) is 18.7. The lowest BCUT2D eigenvalue weighted by molar-refractivity contribution is -0.130. The van der Waals surface area contributed by atoms with Crippen LogP contribution in [-0.2, 0) is 20.8 Å². The molecule has 0 aliphatic heterocycles. The molecule has 0 fully saturated rings. The molecule has 0 saturated heterocycles. The van der Waals surface area contributed by atoms with E-state index in [0.29, 0.717) is 12.8 Å². The van der Waals surface area contributed by atoms with Gasteiger partial charge in [-0.3, -0.25) is 14.4 Å². The van der Waals surface area contributed by atoms with Gasteiger partial charge in [0.1, 0.15) is 12.1 Å². The minimum Gasteiger partial charge on any atom is -0.368 e. The summed E-state index contributed by atoms with van der Waals surface area (Å²) >= 11 is 0. The van der Waals surface area contributed by atoms with Gasteiger partial charge in [-0.05, 0) is 12.0 Å². The largest absolute Gasteiger partial charge is 0.368 e. The Morgan fingerprint density at radius 2 is 1.74 bits per heavy atom. The molecular weight excluding hydrogens is 294 g/mol. The Morgan fingerprint density at radius 1 is 1.09 bits per heavy atom. The minimum atomic E-state index is -0.738. The van der Waals surface area contributed by atoms with Crippen molar-refractivity contribution in [1.29, 1.82) is 0 Å². The summed E-state index contributed by atoms with van der Waals surface area (Å²) in [5.41, 5.74) is 6.26. The van der Waals surface area contributed by atoms with Crippen molar-refractivity contribution >= 4 is 17.7 Å². The average molecular weight is 319 g/mol. The van der Waals surface area contributed by atoms with E-state index in [-0.39, 0.29) is 5.91 Å². The van der Waals surface area contributed by atoms with Gasteiger partial charge < -0.3 is 16.4 Å². The lowest BCUT2D eigenvalue weighted by atomic mass is 10.0. The smallest absolute Gasteiger partial charge is 0.243 e. The summed E-state index contributed by atoms with van der Waals surface area (Å²) in [5, 5.41) is 5.27. The summed E-state index contributed by atoms with van der Waals surface area (Å²) in [6.45, 7) is 3.35. The molecular formula is C17H25N3O3. The van der Waals surface area contributed by atoms with Crippen molar-refractivity contribution in [2.45, 2.75) is 51.6 Å². The Hall–Kier alpha value is -2.37. The highest BCUT2D eigenvalue weighted by Crippen LogP contribution is 2.06. The fourth-order valence-corrected chi connectivity index (χ4v) is 2.27. The number of benzene rings is 1. The third-order valence-corrected chi connectivity index (χ3v) is 3.48. The molecule has 0 bridgehead atoms. The van der Waals surface area contributed by atoms with Crippen molar-refractivity contribution < 1.29 is 14.4 Å². The number of hydrogen-bond acceptors (Lipinski definition) is 3. The molecule has 0 aromatic heterocycles. The highest BCUT2D eigenvalue weighted by Gasteiger charge is 2.24. The molecule has 2 atom stereocenters. The van der Waals surface area contributed by atoms with Crippen molar-refractivity contribution in [3.8, 4) is 0 Å². The first-order chi connectivity index (χ1) is 10.9. The van der Waals surface area contributed by atoms with E-state index >= 15 is 0 Å². The quantitative estimate of drug-likeness (QED) is 0.630. The van der Waals surface area contributed by atoms with E-state index in [0.717, 1.165) is 18.4 Å². The van der Waals surface area contributed by atoms with Crippen LogP contribution in [0.2, 0.25) is 0 Å². The van der Waals surface area contributed by atoms with E-state index in [2.05, 4.69) is 10.6 Å². The number of hydrogen-bond donors (Lipinski definition) is 3. The molecule has 0 radical (unpaired) electrons. The predicted octanol–water partition coefficient (Wildman–Crippen LogP) is 0.894. The zero-order valence-corrected chi connectivity index (χ0v) is 13.7. The molecule has 0 saturated carbocycles. The standard InChI is InChI=1S/C17H25N3O3/c1-3-4-10-14(16(18)22)20-17(23)15(19-12(2)21)11-13-8-6-5-7-9-13/h5-9,14-15H,3-4,10-11H2,1-2H3,(H2,18,22)(H,19,21)(H,20,23)/t14-,15+/m0/s1. The fraction of sp³-hybridized carbons (Fsp3) is 0.471. The second-order valence-electron chi connectivity index (χ2n) is 5.55. The maximum Gasteiger partial charge on any atom is 0.243 e. The second-order valence-corrected chi connectivity index (χ2v) is 5.55. The van der Waals surface area contributed by atoms with Crippen LogP contribution in [0.15, 0.2) is 30.3 Å². The highest BCUT2D eigenvalue weighted by molar-refractivity contribution is 5.91. The van der Waals surface area contributed by atoms with Crippen LogP contribution >= 0.6 is 0 Å². The molecule has 126 valence electrons. The summed E-state index contributed by atoms with van der Waals surface area (Å²) in [5.74, 6) is -1.26. The number of carbonyl (C=O) groups is 3. The third kappa shape index (κ3) is 6.95. The van der Waals surface area contributed by atoms with E-state index in [9.17, 15) is 14.4 Å². The van der Waals surface area contributed by atoms with Gasteiger partial charge in [-0.2, -0.15) is 0 Å². The molecule has 0 spiro atoms. The number of rotatable bonds is 9. The van der Waals surface area contributed by atoms with Gasteiger partial charge in [0.15, 0.2) is 0 Å². The van der Waals surface area contributed by atoms with Crippen LogP contribution in [0.25, 0.3) is 0 Å². The van der Waals surface area contributed by atoms with E-state index in [4.69, 9.17) is 5.73 Å². The summed E-state index contributed by atoms with van der Waals surface area (Å²) < 4.78 is 0. The third-order valence-electron chi connectivity index (χ3n) is 3.48. The number of nitrogens with one attached hydrogen (secondary N) is 2. The van der Waals surface area contributed by atoms with Gasteiger partial charge >= 0.3 is 0 Å². The lowest BCUT2D eigenvalue weighted by Gasteiger charge is -2.21. The van der Waals surface area contributed by atoms with E-state index in [1.807, 2.05) is 37.3 Å². The van der Waals surface area contributed by atoms with Crippen LogP contribution in [0.5, 0.6) is 0 Å². The number of amides is 3. The SMILES string of the molecule is CCCC[C@H](NC(=O)[C@@H](Cc1ccccc1)NC(C)=O)C(N)=O. The number of primary amides is 1. The monoisotopic (exact) mass is 319 g/mol. The molecule has 1 aromatic rings. The van der Waals surface area contributed by atoms with Crippen molar-refractivity contribution in [2.75, 3.05) is 0 Å². The normalized spacial score (nSPS) is 13.0. The highest BCUT2D eigenvalue weighted by atomic mass is 16.2. The van der Waals surface area contributed by atoms with Gasteiger partial charge in [0, 0.05) is 13.3 Å². The molecule has 0 heterocycles. The van der Waals surface area contributed by atoms with Crippen LogP contribution in [-0.4, -0.2) is 29.8 Å². The molecule has 3 amide bonds. The summed E-state index contributed by atoms with van der Waals surface area (Å²) in [7, 11) is 0. The molecule has 1 rings (SSSR count). The Balaban J connectivity index is 2.77.